The Morgan fingerprint density at radius 1 is 1.39 bits per heavy atom. The van der Waals surface area contributed by atoms with Crippen molar-refractivity contribution in [3.63, 3.8) is 0 Å². The summed E-state index contributed by atoms with van der Waals surface area (Å²) in [6.07, 6.45) is 12.0. The van der Waals surface area contributed by atoms with E-state index in [4.69, 9.17) is 0 Å². The minimum absolute atomic E-state index is 0.536. The summed E-state index contributed by atoms with van der Waals surface area (Å²) in [5.74, 6) is 0. The number of rotatable bonds is 6. The highest BCUT2D eigenvalue weighted by molar-refractivity contribution is 5.09. The Bertz CT molecular complexity index is 392. The number of hydrogen-bond donors (Lipinski definition) is 1. The third kappa shape index (κ3) is 3.98. The molecule has 1 aromatic heterocycles. The van der Waals surface area contributed by atoms with Crippen LogP contribution in [0.25, 0.3) is 0 Å². The van der Waals surface area contributed by atoms with Gasteiger partial charge in [0.2, 0.25) is 0 Å². The summed E-state index contributed by atoms with van der Waals surface area (Å²) in [5, 5.41) is 8.08. The first-order valence-electron chi connectivity index (χ1n) is 7.17. The average Bonchev–Trinajstić information content (AvgIpc) is 2.76. The number of aryl methyl sites for hydroxylation is 1. The molecule has 3 heteroatoms. The molecule has 1 heterocycles. The van der Waals surface area contributed by atoms with Crippen LogP contribution in [0.2, 0.25) is 0 Å². The van der Waals surface area contributed by atoms with Crippen LogP contribution in [-0.2, 0) is 13.5 Å². The molecule has 2 rings (SSSR count). The van der Waals surface area contributed by atoms with E-state index in [1.54, 1.807) is 5.57 Å². The molecule has 0 amide bonds. The summed E-state index contributed by atoms with van der Waals surface area (Å²) >= 11 is 0. The summed E-state index contributed by atoms with van der Waals surface area (Å²) in [6, 6.07) is 2.66. The maximum atomic E-state index is 4.48. The number of nitrogens with one attached hydrogen (secondary N) is 1. The van der Waals surface area contributed by atoms with Gasteiger partial charge in [0.1, 0.15) is 0 Å². The molecule has 18 heavy (non-hydrogen) atoms. The van der Waals surface area contributed by atoms with Crippen LogP contribution in [0.5, 0.6) is 0 Å². The smallest absolute Gasteiger partial charge is 0.0640 e. The van der Waals surface area contributed by atoms with Gasteiger partial charge in [-0.25, -0.2) is 0 Å². The van der Waals surface area contributed by atoms with Crippen LogP contribution >= 0.6 is 0 Å². The van der Waals surface area contributed by atoms with Crippen molar-refractivity contribution >= 4 is 0 Å². The van der Waals surface area contributed by atoms with Crippen LogP contribution in [-0.4, -0.2) is 22.4 Å². The molecule has 0 aromatic carbocycles. The van der Waals surface area contributed by atoms with Gasteiger partial charge in [0.25, 0.3) is 0 Å². The quantitative estimate of drug-likeness (QED) is 0.783. The second kappa shape index (κ2) is 6.74. The van der Waals surface area contributed by atoms with Gasteiger partial charge in [-0.3, -0.25) is 4.68 Å². The first kappa shape index (κ1) is 13.3. The van der Waals surface area contributed by atoms with Crippen molar-refractivity contribution in [2.75, 3.05) is 6.54 Å². The van der Waals surface area contributed by atoms with Gasteiger partial charge in [-0.1, -0.05) is 18.6 Å². The zero-order valence-electron chi connectivity index (χ0n) is 11.7. The number of hydrogen-bond acceptors (Lipinski definition) is 2. The summed E-state index contributed by atoms with van der Waals surface area (Å²) in [7, 11) is 1.98. The molecule has 1 aromatic rings. The fourth-order valence-corrected chi connectivity index (χ4v) is 2.74. The van der Waals surface area contributed by atoms with E-state index in [2.05, 4.69) is 29.5 Å². The molecule has 1 unspecified atom stereocenters. The third-order valence-electron chi connectivity index (χ3n) is 3.61. The molecule has 0 saturated carbocycles. The van der Waals surface area contributed by atoms with Crippen molar-refractivity contribution in [1.29, 1.82) is 0 Å². The molecule has 1 N–H and O–H groups in total. The molecule has 0 fully saturated rings. The normalized spacial score (nSPS) is 17.6. The zero-order chi connectivity index (χ0) is 12.8. The lowest BCUT2D eigenvalue weighted by atomic mass is 9.93. The van der Waals surface area contributed by atoms with Crippen LogP contribution in [0.1, 0.15) is 44.7 Å². The molecule has 1 aliphatic rings. The van der Waals surface area contributed by atoms with Gasteiger partial charge >= 0.3 is 0 Å². The van der Waals surface area contributed by atoms with Crippen molar-refractivity contribution in [2.45, 2.75) is 51.5 Å². The van der Waals surface area contributed by atoms with Crippen LogP contribution in [0.4, 0.5) is 0 Å². The molecular weight excluding hydrogens is 222 g/mol. The molecule has 1 aliphatic carbocycles. The second-order valence-electron chi connectivity index (χ2n) is 5.25. The molecule has 0 bridgehead atoms. The van der Waals surface area contributed by atoms with E-state index in [0.717, 1.165) is 13.0 Å². The van der Waals surface area contributed by atoms with Gasteiger partial charge in [-0.2, -0.15) is 5.10 Å². The van der Waals surface area contributed by atoms with E-state index >= 15 is 0 Å². The molecule has 1 atom stereocenters. The van der Waals surface area contributed by atoms with Gasteiger partial charge in [0.05, 0.1) is 5.69 Å². The first-order valence-corrected chi connectivity index (χ1v) is 7.17. The van der Waals surface area contributed by atoms with E-state index in [1.807, 2.05) is 17.9 Å². The van der Waals surface area contributed by atoms with Gasteiger partial charge in [-0.05, 0) is 44.7 Å². The lowest BCUT2D eigenvalue weighted by Crippen LogP contribution is -2.31. The fourth-order valence-electron chi connectivity index (χ4n) is 2.74. The van der Waals surface area contributed by atoms with E-state index < -0.39 is 0 Å². The number of nitrogens with zero attached hydrogens (tertiary/aromatic N) is 2. The average molecular weight is 247 g/mol. The van der Waals surface area contributed by atoms with E-state index in [0.29, 0.717) is 6.04 Å². The van der Waals surface area contributed by atoms with Crippen molar-refractivity contribution < 1.29 is 0 Å². The number of likely N-dealkylation sites (N-methyl/N-ethyl adjacent to an activating group) is 1. The lowest BCUT2D eigenvalue weighted by Gasteiger charge is -2.21. The molecule has 3 nitrogen and oxygen atoms in total. The minimum atomic E-state index is 0.536. The Kier molecular flexibility index (Phi) is 5.00. The molecule has 0 saturated heterocycles. The molecule has 0 spiro atoms. The van der Waals surface area contributed by atoms with Crippen molar-refractivity contribution in [3.05, 3.63) is 29.6 Å². The van der Waals surface area contributed by atoms with E-state index in [1.165, 1.54) is 37.8 Å². The SMILES string of the molecule is CCNC(CC1=CCCCC1)Cc1ccn(C)n1. The second-order valence-corrected chi connectivity index (χ2v) is 5.25. The van der Waals surface area contributed by atoms with Crippen LogP contribution in [0.3, 0.4) is 0 Å². The van der Waals surface area contributed by atoms with Crippen LogP contribution in [0.15, 0.2) is 23.9 Å². The predicted molar refractivity (Wildman–Crippen MR) is 75.5 cm³/mol. The number of allylic oxidation sites excluding steroid dienone is 1. The molecule has 100 valence electrons. The van der Waals surface area contributed by atoms with Crippen molar-refractivity contribution in [3.8, 4) is 0 Å². The number of aromatic nitrogens is 2. The van der Waals surface area contributed by atoms with Crippen molar-refractivity contribution in [1.82, 2.24) is 15.1 Å². The van der Waals surface area contributed by atoms with Crippen LogP contribution < -0.4 is 5.32 Å². The fraction of sp³-hybridized carbons (Fsp3) is 0.667. The van der Waals surface area contributed by atoms with E-state index in [9.17, 15) is 0 Å². The van der Waals surface area contributed by atoms with Gasteiger partial charge < -0.3 is 5.32 Å². The lowest BCUT2D eigenvalue weighted by molar-refractivity contribution is 0.497. The zero-order valence-corrected chi connectivity index (χ0v) is 11.7. The van der Waals surface area contributed by atoms with Crippen LogP contribution in [0, 0.1) is 0 Å². The molecule has 0 aliphatic heterocycles. The Labute approximate surface area is 110 Å². The summed E-state index contributed by atoms with van der Waals surface area (Å²) in [5.41, 5.74) is 2.84. The van der Waals surface area contributed by atoms with Gasteiger partial charge in [0.15, 0.2) is 0 Å². The topological polar surface area (TPSA) is 29.9 Å². The Balaban J connectivity index is 1.92. The van der Waals surface area contributed by atoms with Gasteiger partial charge in [-0.15, -0.1) is 0 Å². The molecular formula is C15H25N3. The third-order valence-corrected chi connectivity index (χ3v) is 3.61. The Hall–Kier alpha value is -1.09. The summed E-state index contributed by atoms with van der Waals surface area (Å²) in [6.45, 7) is 3.21. The standard InChI is InChI=1S/C15H25N3/c1-3-16-15(11-13-7-5-4-6-8-13)12-14-9-10-18(2)17-14/h7,9-10,15-16H,3-6,8,11-12H2,1-2H3. The largest absolute Gasteiger partial charge is 0.314 e. The van der Waals surface area contributed by atoms with Crippen molar-refractivity contribution in [2.24, 2.45) is 7.05 Å². The Morgan fingerprint density at radius 3 is 2.89 bits per heavy atom. The highest BCUT2D eigenvalue weighted by Gasteiger charge is 2.13. The summed E-state index contributed by atoms with van der Waals surface area (Å²) < 4.78 is 1.89. The predicted octanol–water partition coefficient (Wildman–Crippen LogP) is 2.83. The highest BCUT2D eigenvalue weighted by Crippen LogP contribution is 2.22. The maximum Gasteiger partial charge on any atom is 0.0640 e. The monoisotopic (exact) mass is 247 g/mol. The highest BCUT2D eigenvalue weighted by atomic mass is 15.2. The first-order chi connectivity index (χ1) is 8.78. The summed E-state index contributed by atoms with van der Waals surface area (Å²) in [4.78, 5) is 0. The maximum absolute atomic E-state index is 4.48. The minimum Gasteiger partial charge on any atom is -0.314 e. The van der Waals surface area contributed by atoms with E-state index in [-0.39, 0.29) is 0 Å². The molecule has 0 radical (unpaired) electrons. The Morgan fingerprint density at radius 2 is 2.28 bits per heavy atom. The van der Waals surface area contributed by atoms with Gasteiger partial charge in [0, 0.05) is 25.7 Å².